The van der Waals surface area contributed by atoms with Crippen molar-refractivity contribution in [2.45, 2.75) is 76.8 Å². The number of benzene rings is 1. The van der Waals surface area contributed by atoms with E-state index in [2.05, 4.69) is 53.7 Å². The second kappa shape index (κ2) is 12.2. The number of ether oxygens (including phenoxy) is 1. The lowest BCUT2D eigenvalue weighted by Crippen LogP contribution is -2.68. The highest BCUT2D eigenvalue weighted by Crippen LogP contribution is 2.51. The van der Waals surface area contributed by atoms with Crippen LogP contribution in [0.1, 0.15) is 70.4 Å². The number of sulfone groups is 1. The van der Waals surface area contributed by atoms with Gasteiger partial charge in [-0.15, -0.1) is 10.2 Å². The molecular weight excluding hydrogens is 656 g/mol. The van der Waals surface area contributed by atoms with E-state index in [0.29, 0.717) is 64.4 Å². The fourth-order valence-corrected chi connectivity index (χ4v) is 11.6. The van der Waals surface area contributed by atoms with Gasteiger partial charge in [0.25, 0.3) is 5.88 Å². The first kappa shape index (κ1) is 32.6. The van der Waals surface area contributed by atoms with Gasteiger partial charge in [0.15, 0.2) is 5.82 Å². The van der Waals surface area contributed by atoms with Gasteiger partial charge in [0, 0.05) is 80.0 Å². The normalized spacial score (nSPS) is 27.6. The van der Waals surface area contributed by atoms with Crippen molar-refractivity contribution in [1.29, 1.82) is 0 Å². The molecule has 0 radical (unpaired) electrons. The van der Waals surface area contributed by atoms with Gasteiger partial charge in [-0.25, -0.2) is 27.8 Å². The highest BCUT2D eigenvalue weighted by Gasteiger charge is 2.55. The Kier molecular flexibility index (Phi) is 7.93. The molecule has 0 N–H and O–H groups in total. The van der Waals surface area contributed by atoms with Crippen LogP contribution in [0.15, 0.2) is 37.1 Å². The van der Waals surface area contributed by atoms with Crippen molar-refractivity contribution in [2.24, 2.45) is 22.7 Å². The van der Waals surface area contributed by atoms with E-state index in [1.807, 2.05) is 0 Å². The van der Waals surface area contributed by atoms with Crippen molar-refractivity contribution in [1.82, 2.24) is 34.9 Å². The Labute approximate surface area is 294 Å². The maximum Gasteiger partial charge on any atom is 0.282 e. The molecule has 3 aromatic rings. The molecule has 0 unspecified atom stereocenters. The van der Waals surface area contributed by atoms with E-state index in [4.69, 9.17) is 4.74 Å². The molecule has 2 aliphatic carbocycles. The monoisotopic (exact) mass is 702 g/mol. The van der Waals surface area contributed by atoms with Crippen LogP contribution in [0.3, 0.4) is 0 Å². The molecule has 9 rings (SSSR count). The predicted molar refractivity (Wildman–Crippen MR) is 187 cm³/mol. The van der Waals surface area contributed by atoms with Crippen molar-refractivity contribution in [3.05, 3.63) is 48.6 Å². The van der Waals surface area contributed by atoms with Gasteiger partial charge in [-0.2, -0.15) is 0 Å². The number of hydrogen-bond acceptors (Lipinski definition) is 11. The maximum absolute atomic E-state index is 14.6. The molecule has 50 heavy (non-hydrogen) atoms. The quantitative estimate of drug-likeness (QED) is 0.301. The molecule has 13 heteroatoms. The van der Waals surface area contributed by atoms with Crippen LogP contribution in [0.2, 0.25) is 0 Å². The second-order valence-electron chi connectivity index (χ2n) is 16.7. The molecule has 0 bridgehead atoms. The first-order chi connectivity index (χ1) is 24.1. The van der Waals surface area contributed by atoms with Crippen molar-refractivity contribution < 1.29 is 17.5 Å². The standard InChI is InChI=1S/C37H47FN8O3S/c1-24(2)33(26-13-28(14-26)45-17-36(18-45)8-11-50(47,48)12-9-36)46-20-37(21-46)7-10-44(19-37)34-35(43-42-23-41-34)49-31-6-5-27(38)15-29(31)30-16-39-22-40-32(30)25-3-4-25/h5-6,15-16,22-26,28,33H,3-4,7-14,17-21H2,1-2H3/t26?,28?,33-/m1/s1. The average molecular weight is 703 g/mol. The molecule has 11 nitrogen and oxygen atoms in total. The van der Waals surface area contributed by atoms with Gasteiger partial charge in [-0.1, -0.05) is 13.8 Å². The van der Waals surface area contributed by atoms with E-state index in [9.17, 15) is 12.8 Å². The summed E-state index contributed by atoms with van der Waals surface area (Å²) in [6.07, 6.45) is 12.2. The van der Waals surface area contributed by atoms with Crippen LogP contribution in [0.5, 0.6) is 11.6 Å². The zero-order valence-corrected chi connectivity index (χ0v) is 29.9. The van der Waals surface area contributed by atoms with Crippen LogP contribution in [0.25, 0.3) is 11.1 Å². The zero-order chi connectivity index (χ0) is 34.3. The van der Waals surface area contributed by atoms with Gasteiger partial charge in [0.2, 0.25) is 0 Å². The smallest absolute Gasteiger partial charge is 0.282 e. The number of hydrogen-bond donors (Lipinski definition) is 0. The van der Waals surface area contributed by atoms with E-state index < -0.39 is 9.84 Å². The van der Waals surface area contributed by atoms with Crippen LogP contribution >= 0.6 is 0 Å². The predicted octanol–water partition coefficient (Wildman–Crippen LogP) is 4.96. The van der Waals surface area contributed by atoms with E-state index in [1.54, 1.807) is 18.6 Å². The van der Waals surface area contributed by atoms with Crippen LogP contribution < -0.4 is 9.64 Å². The molecule has 2 saturated carbocycles. The highest BCUT2D eigenvalue weighted by molar-refractivity contribution is 7.91. The molecule has 266 valence electrons. The number of halogens is 1. The lowest BCUT2D eigenvalue weighted by atomic mass is 9.65. The molecule has 2 spiro atoms. The summed E-state index contributed by atoms with van der Waals surface area (Å²) in [6.45, 7) is 10.9. The van der Waals surface area contributed by atoms with Gasteiger partial charge < -0.3 is 9.64 Å². The molecule has 6 heterocycles. The van der Waals surface area contributed by atoms with Crippen LogP contribution in [-0.4, -0.2) is 106 Å². The third kappa shape index (κ3) is 5.96. The van der Waals surface area contributed by atoms with Gasteiger partial charge in [-0.05, 0) is 80.4 Å². The third-order valence-electron chi connectivity index (χ3n) is 12.7. The summed E-state index contributed by atoms with van der Waals surface area (Å²) in [6, 6.07) is 5.76. The Morgan fingerprint density at radius 2 is 1.72 bits per heavy atom. The van der Waals surface area contributed by atoms with Gasteiger partial charge >= 0.3 is 0 Å². The number of rotatable bonds is 9. The summed E-state index contributed by atoms with van der Waals surface area (Å²) in [4.78, 5) is 21.1. The first-order valence-electron chi connectivity index (χ1n) is 18.5. The third-order valence-corrected chi connectivity index (χ3v) is 14.4. The van der Waals surface area contributed by atoms with Crippen molar-refractivity contribution in [3.8, 4) is 22.8 Å². The Hall–Kier alpha value is -3.29. The maximum atomic E-state index is 14.6. The SMILES string of the molecule is CC(C)[C@H](C1CC(N2CC3(CCS(=O)(=O)CC3)C2)C1)N1CC2(CCN(c3ncnnc3Oc3ccc(F)cc3-c3cncnc3C3CC3)C2)C1. The Morgan fingerprint density at radius 1 is 0.940 bits per heavy atom. The van der Waals surface area contributed by atoms with Crippen LogP contribution in [0.4, 0.5) is 10.2 Å². The van der Waals surface area contributed by atoms with Gasteiger partial charge in [-0.3, -0.25) is 9.80 Å². The van der Waals surface area contributed by atoms with Crippen molar-refractivity contribution in [3.63, 3.8) is 0 Å². The number of likely N-dealkylation sites (tertiary alicyclic amines) is 2. The van der Waals surface area contributed by atoms with Crippen LogP contribution in [0, 0.1) is 28.5 Å². The molecule has 6 fully saturated rings. The van der Waals surface area contributed by atoms with Gasteiger partial charge in [0.05, 0.1) is 17.2 Å². The molecule has 6 aliphatic rings. The molecule has 1 aromatic carbocycles. The Balaban J connectivity index is 0.838. The number of aromatic nitrogens is 5. The fraction of sp³-hybridized carbons (Fsp3) is 0.649. The summed E-state index contributed by atoms with van der Waals surface area (Å²) >= 11 is 0. The van der Waals surface area contributed by atoms with Crippen LogP contribution in [-0.2, 0) is 9.84 Å². The topological polar surface area (TPSA) is 118 Å². The number of anilines is 1. The summed E-state index contributed by atoms with van der Waals surface area (Å²) in [5.41, 5.74) is 2.78. The molecule has 1 atom stereocenters. The Bertz CT molecular complexity index is 1860. The molecule has 2 aromatic heterocycles. The van der Waals surface area contributed by atoms with E-state index in [1.165, 1.54) is 31.3 Å². The molecule has 0 amide bonds. The minimum Gasteiger partial charge on any atom is -0.434 e. The van der Waals surface area contributed by atoms with E-state index in [-0.39, 0.29) is 16.6 Å². The molecular formula is C37H47FN8O3S. The largest absolute Gasteiger partial charge is 0.434 e. The van der Waals surface area contributed by atoms with Gasteiger partial charge in [0.1, 0.15) is 34.1 Å². The minimum atomic E-state index is -2.81. The molecule has 4 aliphatic heterocycles. The highest BCUT2D eigenvalue weighted by atomic mass is 32.2. The first-order valence-corrected chi connectivity index (χ1v) is 20.3. The summed E-state index contributed by atoms with van der Waals surface area (Å²) in [7, 11) is -2.81. The lowest BCUT2D eigenvalue weighted by molar-refractivity contribution is -0.112. The van der Waals surface area contributed by atoms with E-state index >= 15 is 0 Å². The minimum absolute atomic E-state index is 0.214. The zero-order valence-electron chi connectivity index (χ0n) is 29.0. The lowest BCUT2D eigenvalue weighted by Gasteiger charge is -2.61. The molecule has 4 saturated heterocycles. The fourth-order valence-electron chi connectivity index (χ4n) is 9.91. The van der Waals surface area contributed by atoms with E-state index in [0.717, 1.165) is 82.6 Å². The summed E-state index contributed by atoms with van der Waals surface area (Å²) < 4.78 is 44.9. The Morgan fingerprint density at radius 3 is 2.46 bits per heavy atom. The summed E-state index contributed by atoms with van der Waals surface area (Å²) in [5, 5.41) is 8.43. The average Bonchev–Trinajstić information content (AvgIpc) is 3.80. The summed E-state index contributed by atoms with van der Waals surface area (Å²) in [5.74, 6) is 3.54. The number of nitrogens with zero attached hydrogens (tertiary/aromatic N) is 8. The second-order valence-corrected chi connectivity index (χ2v) is 19.0. The van der Waals surface area contributed by atoms with Crippen molar-refractivity contribution >= 4 is 15.7 Å². The van der Waals surface area contributed by atoms with Crippen molar-refractivity contribution in [2.75, 3.05) is 55.7 Å².